The van der Waals surface area contributed by atoms with E-state index in [-0.39, 0.29) is 0 Å². The number of ether oxygens (including phenoxy) is 1. The summed E-state index contributed by atoms with van der Waals surface area (Å²) in [7, 11) is 0. The number of hydrogen-bond donors (Lipinski definition) is 1. The minimum atomic E-state index is 0.582. The van der Waals surface area contributed by atoms with Gasteiger partial charge in [0.25, 0.3) is 0 Å². The van der Waals surface area contributed by atoms with E-state index in [1.165, 1.54) is 0 Å². The number of anilines is 1. The summed E-state index contributed by atoms with van der Waals surface area (Å²) < 4.78 is 5.68. The van der Waals surface area contributed by atoms with E-state index in [1.807, 2.05) is 47.8 Å². The smallest absolute Gasteiger partial charge is 0.121 e. The van der Waals surface area contributed by atoms with Gasteiger partial charge in [0.15, 0.2) is 0 Å². The van der Waals surface area contributed by atoms with Crippen molar-refractivity contribution < 1.29 is 4.74 Å². The molecular formula is C16H15N3OS. The Bertz CT molecular complexity index is 712. The lowest BCUT2D eigenvalue weighted by molar-refractivity contribution is 0.322. The number of aromatic nitrogens is 2. The zero-order valence-electron chi connectivity index (χ0n) is 11.4. The molecule has 0 atom stereocenters. The Kier molecular flexibility index (Phi) is 4.12. The third kappa shape index (κ3) is 3.58. The quantitative estimate of drug-likeness (QED) is 0.733. The van der Waals surface area contributed by atoms with E-state index in [4.69, 9.17) is 10.5 Å². The monoisotopic (exact) mass is 297 g/mol. The Hall–Kier alpha value is -2.40. The molecule has 21 heavy (non-hydrogen) atoms. The molecule has 2 N–H and O–H groups in total. The molecule has 0 saturated heterocycles. The molecule has 0 amide bonds. The molecular weight excluding hydrogens is 282 g/mol. The number of rotatable bonds is 5. The van der Waals surface area contributed by atoms with E-state index < -0.39 is 0 Å². The molecule has 0 aliphatic carbocycles. The van der Waals surface area contributed by atoms with Gasteiger partial charge < -0.3 is 10.5 Å². The molecule has 0 unspecified atom stereocenters. The average molecular weight is 297 g/mol. The highest BCUT2D eigenvalue weighted by Crippen LogP contribution is 2.20. The van der Waals surface area contributed by atoms with Crippen molar-refractivity contribution in [3.63, 3.8) is 0 Å². The molecule has 0 aliphatic rings. The van der Waals surface area contributed by atoms with Crippen LogP contribution in [0.2, 0.25) is 0 Å². The molecule has 0 saturated carbocycles. The first-order valence-electron chi connectivity index (χ1n) is 6.65. The van der Waals surface area contributed by atoms with E-state index >= 15 is 0 Å². The fourth-order valence-electron chi connectivity index (χ4n) is 1.92. The lowest BCUT2D eigenvalue weighted by Gasteiger charge is -2.05. The van der Waals surface area contributed by atoms with Crippen LogP contribution in [0.5, 0.6) is 5.75 Å². The molecule has 0 fully saturated rings. The number of nitrogens with two attached hydrogens (primary N) is 1. The summed E-state index contributed by atoms with van der Waals surface area (Å²) in [5.41, 5.74) is 8.24. The maximum atomic E-state index is 5.71. The van der Waals surface area contributed by atoms with Crippen molar-refractivity contribution in [2.45, 2.75) is 6.42 Å². The van der Waals surface area contributed by atoms with Crippen LogP contribution in [0, 0.1) is 0 Å². The maximum Gasteiger partial charge on any atom is 0.121 e. The van der Waals surface area contributed by atoms with Gasteiger partial charge in [-0.15, -0.1) is 11.3 Å². The normalized spacial score (nSPS) is 10.5. The highest BCUT2D eigenvalue weighted by Gasteiger charge is 2.05. The minimum absolute atomic E-state index is 0.582. The highest BCUT2D eigenvalue weighted by atomic mass is 32.1. The summed E-state index contributed by atoms with van der Waals surface area (Å²) in [6.45, 7) is 0.582. The predicted octanol–water partition coefficient (Wildman–Crippen LogP) is 3.41. The summed E-state index contributed by atoms with van der Waals surface area (Å²) in [5, 5.41) is 3.07. The van der Waals surface area contributed by atoms with Crippen molar-refractivity contribution >= 4 is 17.0 Å². The zero-order valence-corrected chi connectivity index (χ0v) is 12.2. The molecule has 4 nitrogen and oxygen atoms in total. The second-order valence-electron chi connectivity index (χ2n) is 4.51. The van der Waals surface area contributed by atoms with Gasteiger partial charge in [0.05, 0.1) is 23.0 Å². The SMILES string of the molecule is Nc1cccc(OCCc2nc(-c3ccccn3)cs2)c1. The molecule has 3 aromatic rings. The van der Waals surface area contributed by atoms with Crippen LogP contribution in [0.25, 0.3) is 11.4 Å². The van der Waals surface area contributed by atoms with Crippen molar-refractivity contribution in [1.82, 2.24) is 9.97 Å². The predicted molar refractivity (Wildman–Crippen MR) is 85.4 cm³/mol. The molecule has 2 heterocycles. The number of pyridine rings is 1. The Morgan fingerprint density at radius 3 is 2.86 bits per heavy atom. The molecule has 2 aromatic heterocycles. The van der Waals surface area contributed by atoms with Crippen molar-refractivity contribution in [1.29, 1.82) is 0 Å². The molecule has 0 radical (unpaired) electrons. The Balaban J connectivity index is 1.58. The Morgan fingerprint density at radius 2 is 2.05 bits per heavy atom. The van der Waals surface area contributed by atoms with Crippen LogP contribution in [0.4, 0.5) is 5.69 Å². The fraction of sp³-hybridized carbons (Fsp3) is 0.125. The van der Waals surface area contributed by atoms with E-state index in [1.54, 1.807) is 17.5 Å². The Labute approximate surface area is 127 Å². The van der Waals surface area contributed by atoms with Gasteiger partial charge in [-0.3, -0.25) is 4.98 Å². The van der Waals surface area contributed by atoms with E-state index in [2.05, 4.69) is 9.97 Å². The van der Waals surface area contributed by atoms with Crippen molar-refractivity contribution in [2.75, 3.05) is 12.3 Å². The topological polar surface area (TPSA) is 61.0 Å². The summed E-state index contributed by atoms with van der Waals surface area (Å²) in [6, 6.07) is 13.3. The molecule has 3 rings (SSSR count). The van der Waals surface area contributed by atoms with Crippen molar-refractivity contribution in [3.05, 3.63) is 59.0 Å². The van der Waals surface area contributed by atoms with Gasteiger partial charge in [0.2, 0.25) is 0 Å². The number of thiazole rings is 1. The van der Waals surface area contributed by atoms with Crippen LogP contribution in [0.15, 0.2) is 54.0 Å². The number of nitrogens with zero attached hydrogens (tertiary/aromatic N) is 2. The molecule has 0 aliphatic heterocycles. The summed E-state index contributed by atoms with van der Waals surface area (Å²) in [5.74, 6) is 0.788. The summed E-state index contributed by atoms with van der Waals surface area (Å²) in [4.78, 5) is 8.88. The molecule has 5 heteroatoms. The van der Waals surface area contributed by atoms with Gasteiger partial charge >= 0.3 is 0 Å². The van der Waals surface area contributed by atoms with Gasteiger partial charge in [0.1, 0.15) is 5.75 Å². The second-order valence-corrected chi connectivity index (χ2v) is 5.46. The van der Waals surface area contributed by atoms with Crippen LogP contribution < -0.4 is 10.5 Å². The number of nitrogen functional groups attached to an aromatic ring is 1. The van der Waals surface area contributed by atoms with E-state index in [9.17, 15) is 0 Å². The first-order chi connectivity index (χ1) is 10.3. The van der Waals surface area contributed by atoms with Gasteiger partial charge in [-0.2, -0.15) is 0 Å². The zero-order chi connectivity index (χ0) is 14.5. The van der Waals surface area contributed by atoms with Crippen LogP contribution in [0.3, 0.4) is 0 Å². The van der Waals surface area contributed by atoms with Gasteiger partial charge in [-0.25, -0.2) is 4.98 Å². The average Bonchev–Trinajstić information content (AvgIpc) is 2.97. The maximum absolute atomic E-state index is 5.71. The second kappa shape index (κ2) is 6.37. The largest absolute Gasteiger partial charge is 0.493 e. The molecule has 1 aromatic carbocycles. The van der Waals surface area contributed by atoms with E-state index in [0.717, 1.165) is 28.6 Å². The molecule has 0 spiro atoms. The van der Waals surface area contributed by atoms with Crippen LogP contribution in [-0.2, 0) is 6.42 Å². The summed E-state index contributed by atoms with van der Waals surface area (Å²) in [6.07, 6.45) is 2.55. The van der Waals surface area contributed by atoms with Crippen LogP contribution in [-0.4, -0.2) is 16.6 Å². The van der Waals surface area contributed by atoms with Crippen LogP contribution in [0.1, 0.15) is 5.01 Å². The van der Waals surface area contributed by atoms with Crippen molar-refractivity contribution in [2.24, 2.45) is 0 Å². The van der Waals surface area contributed by atoms with Crippen LogP contribution >= 0.6 is 11.3 Å². The fourth-order valence-corrected chi connectivity index (χ4v) is 2.69. The molecule has 106 valence electrons. The summed E-state index contributed by atoms with van der Waals surface area (Å²) >= 11 is 1.63. The third-order valence-electron chi connectivity index (χ3n) is 2.92. The van der Waals surface area contributed by atoms with Gasteiger partial charge in [-0.1, -0.05) is 12.1 Å². The number of hydrogen-bond acceptors (Lipinski definition) is 5. The lowest BCUT2D eigenvalue weighted by atomic mass is 10.3. The minimum Gasteiger partial charge on any atom is -0.493 e. The van der Waals surface area contributed by atoms with E-state index in [0.29, 0.717) is 12.3 Å². The van der Waals surface area contributed by atoms with Gasteiger partial charge in [-0.05, 0) is 24.3 Å². The Morgan fingerprint density at radius 1 is 1.10 bits per heavy atom. The first kappa shape index (κ1) is 13.6. The van der Waals surface area contributed by atoms with Gasteiger partial charge in [0, 0.05) is 29.8 Å². The number of benzene rings is 1. The lowest BCUT2D eigenvalue weighted by Crippen LogP contribution is -2.01. The highest BCUT2D eigenvalue weighted by molar-refractivity contribution is 7.09. The van der Waals surface area contributed by atoms with Crippen molar-refractivity contribution in [3.8, 4) is 17.1 Å². The standard InChI is InChI=1S/C16H15N3OS/c17-12-4-3-5-13(10-12)20-9-7-16-19-15(11-21-16)14-6-1-2-8-18-14/h1-6,8,10-11H,7,9,17H2. The molecule has 0 bridgehead atoms. The third-order valence-corrected chi connectivity index (χ3v) is 3.83. The first-order valence-corrected chi connectivity index (χ1v) is 7.53.